The van der Waals surface area contributed by atoms with Gasteiger partial charge in [0, 0.05) is 6.54 Å². The van der Waals surface area contributed by atoms with Crippen LogP contribution in [0.25, 0.3) is 0 Å². The molecule has 0 aromatic heterocycles. The van der Waals surface area contributed by atoms with Gasteiger partial charge in [-0.2, -0.15) is 18.4 Å². The van der Waals surface area contributed by atoms with Gasteiger partial charge >= 0.3 is 6.18 Å². The molecule has 1 saturated heterocycles. The Bertz CT molecular complexity index is 597. The molecule has 1 atom stereocenters. The summed E-state index contributed by atoms with van der Waals surface area (Å²) in [6.07, 6.45) is -4.63. The van der Waals surface area contributed by atoms with E-state index in [4.69, 9.17) is 5.26 Å². The van der Waals surface area contributed by atoms with Crippen LogP contribution in [0.4, 0.5) is 17.6 Å². The molecule has 112 valence electrons. The van der Waals surface area contributed by atoms with Gasteiger partial charge in [-0.25, -0.2) is 4.39 Å². The van der Waals surface area contributed by atoms with Gasteiger partial charge in [0.25, 0.3) is 0 Å². The van der Waals surface area contributed by atoms with E-state index in [-0.39, 0.29) is 30.2 Å². The molecular weight excluding hydrogens is 308 g/mol. The summed E-state index contributed by atoms with van der Waals surface area (Å²) in [5.74, 6) is -1.40. The highest BCUT2D eigenvalue weighted by atomic mass is 32.2. The van der Waals surface area contributed by atoms with E-state index in [1.165, 1.54) is 22.7 Å². The van der Waals surface area contributed by atoms with E-state index in [1.807, 2.05) is 6.07 Å². The summed E-state index contributed by atoms with van der Waals surface area (Å²) >= 11 is 1.20. The molecule has 1 aliphatic rings. The molecule has 1 amide bonds. The second-order valence-corrected chi connectivity index (χ2v) is 5.46. The van der Waals surface area contributed by atoms with Crippen molar-refractivity contribution in [2.75, 3.05) is 12.3 Å². The molecule has 1 aliphatic heterocycles. The molecule has 2 rings (SSSR count). The number of benzene rings is 1. The Hall–Kier alpha value is -1.75. The second kappa shape index (κ2) is 5.93. The monoisotopic (exact) mass is 318 g/mol. The third-order valence-electron chi connectivity index (χ3n) is 3.02. The molecule has 0 saturated carbocycles. The minimum atomic E-state index is -4.75. The van der Waals surface area contributed by atoms with Gasteiger partial charge in [-0.3, -0.25) is 4.79 Å². The summed E-state index contributed by atoms with van der Waals surface area (Å²) in [5, 5.41) is 8.01. The number of nitriles is 1. The molecule has 0 bridgehead atoms. The van der Waals surface area contributed by atoms with Crippen molar-refractivity contribution in [3.8, 4) is 6.07 Å². The topological polar surface area (TPSA) is 44.1 Å². The first-order valence-corrected chi connectivity index (χ1v) is 7.04. The van der Waals surface area contributed by atoms with Crippen LogP contribution in [0.5, 0.6) is 0 Å². The SMILES string of the molecule is N#CCCN1C(=O)CSC1c1ccc(C(F)(F)F)c(F)c1. The number of thioether (sulfide) groups is 1. The third kappa shape index (κ3) is 3.29. The van der Waals surface area contributed by atoms with E-state index < -0.39 is 22.9 Å². The molecule has 3 nitrogen and oxygen atoms in total. The highest BCUT2D eigenvalue weighted by Crippen LogP contribution is 2.40. The van der Waals surface area contributed by atoms with Crippen LogP contribution < -0.4 is 0 Å². The van der Waals surface area contributed by atoms with Crippen LogP contribution in [0, 0.1) is 17.1 Å². The summed E-state index contributed by atoms with van der Waals surface area (Å²) in [5.41, 5.74) is -1.04. The van der Waals surface area contributed by atoms with Crippen molar-refractivity contribution in [3.63, 3.8) is 0 Å². The third-order valence-corrected chi connectivity index (χ3v) is 4.27. The number of alkyl halides is 3. The quantitative estimate of drug-likeness (QED) is 0.803. The van der Waals surface area contributed by atoms with Crippen LogP contribution >= 0.6 is 11.8 Å². The number of nitrogens with zero attached hydrogens (tertiary/aromatic N) is 2. The second-order valence-electron chi connectivity index (χ2n) is 4.40. The predicted molar refractivity (Wildman–Crippen MR) is 68.5 cm³/mol. The summed E-state index contributed by atoms with van der Waals surface area (Å²) < 4.78 is 51.1. The first kappa shape index (κ1) is 15.6. The molecule has 0 radical (unpaired) electrons. The fourth-order valence-corrected chi connectivity index (χ4v) is 3.27. The summed E-state index contributed by atoms with van der Waals surface area (Å²) in [6.45, 7) is 0.176. The van der Waals surface area contributed by atoms with Gasteiger partial charge in [0.15, 0.2) is 0 Å². The van der Waals surface area contributed by atoms with Crippen LogP contribution in [-0.4, -0.2) is 23.1 Å². The Morgan fingerprint density at radius 1 is 1.43 bits per heavy atom. The number of hydrogen-bond donors (Lipinski definition) is 0. The lowest BCUT2D eigenvalue weighted by Crippen LogP contribution is -2.29. The molecule has 1 heterocycles. The van der Waals surface area contributed by atoms with Gasteiger partial charge in [-0.1, -0.05) is 6.07 Å². The number of hydrogen-bond acceptors (Lipinski definition) is 3. The highest BCUT2D eigenvalue weighted by molar-refractivity contribution is 8.00. The van der Waals surface area contributed by atoms with Crippen molar-refractivity contribution >= 4 is 17.7 Å². The van der Waals surface area contributed by atoms with Crippen molar-refractivity contribution in [3.05, 3.63) is 35.1 Å². The lowest BCUT2D eigenvalue weighted by atomic mass is 10.1. The molecule has 0 aliphatic carbocycles. The Labute approximate surface area is 122 Å². The van der Waals surface area contributed by atoms with Gasteiger partial charge < -0.3 is 4.90 Å². The summed E-state index contributed by atoms with van der Waals surface area (Å²) in [4.78, 5) is 13.1. The zero-order valence-corrected chi connectivity index (χ0v) is 11.5. The Morgan fingerprint density at radius 2 is 2.14 bits per heavy atom. The van der Waals surface area contributed by atoms with Crippen LogP contribution in [0.1, 0.15) is 22.9 Å². The average molecular weight is 318 g/mol. The van der Waals surface area contributed by atoms with Crippen molar-refractivity contribution in [1.82, 2.24) is 4.90 Å². The molecule has 1 aromatic rings. The van der Waals surface area contributed by atoms with Gasteiger partial charge in [0.2, 0.25) is 5.91 Å². The molecule has 21 heavy (non-hydrogen) atoms. The Morgan fingerprint density at radius 3 is 2.71 bits per heavy atom. The van der Waals surface area contributed by atoms with Gasteiger partial charge in [-0.15, -0.1) is 11.8 Å². The molecule has 1 fully saturated rings. The van der Waals surface area contributed by atoms with E-state index in [0.717, 1.165) is 6.07 Å². The van der Waals surface area contributed by atoms with Gasteiger partial charge in [-0.05, 0) is 17.7 Å². The van der Waals surface area contributed by atoms with E-state index in [1.54, 1.807) is 0 Å². The lowest BCUT2D eigenvalue weighted by Gasteiger charge is -2.23. The lowest BCUT2D eigenvalue weighted by molar-refractivity contribution is -0.140. The van der Waals surface area contributed by atoms with E-state index in [9.17, 15) is 22.4 Å². The molecule has 1 unspecified atom stereocenters. The van der Waals surface area contributed by atoms with E-state index in [0.29, 0.717) is 6.07 Å². The van der Waals surface area contributed by atoms with E-state index in [2.05, 4.69) is 0 Å². The Balaban J connectivity index is 2.28. The number of amides is 1. The number of carbonyl (C=O) groups excluding carboxylic acids is 1. The van der Waals surface area contributed by atoms with Gasteiger partial charge in [0.1, 0.15) is 11.2 Å². The predicted octanol–water partition coefficient (Wildman–Crippen LogP) is 3.33. The van der Waals surface area contributed by atoms with Crippen molar-refractivity contribution in [2.45, 2.75) is 18.0 Å². The molecular formula is C13H10F4N2OS. The smallest absolute Gasteiger partial charge is 0.325 e. The zero-order valence-electron chi connectivity index (χ0n) is 10.7. The van der Waals surface area contributed by atoms with Crippen LogP contribution in [0.2, 0.25) is 0 Å². The maximum absolute atomic E-state index is 13.6. The number of halogens is 4. The molecule has 1 aromatic carbocycles. The summed E-state index contributed by atoms with van der Waals surface area (Å²) in [6, 6.07) is 4.55. The minimum Gasteiger partial charge on any atom is -0.325 e. The maximum atomic E-state index is 13.6. The van der Waals surface area contributed by atoms with E-state index >= 15 is 0 Å². The standard InChI is InChI=1S/C13H10F4N2OS/c14-10-6-8(2-3-9(10)13(15,16)17)12-19(5-1-4-18)11(20)7-21-12/h2-3,6,12H,1,5,7H2. The highest BCUT2D eigenvalue weighted by Gasteiger charge is 2.36. The number of carbonyl (C=O) groups is 1. The van der Waals surface area contributed by atoms with Gasteiger partial charge in [0.05, 0.1) is 23.8 Å². The zero-order chi connectivity index (χ0) is 15.6. The maximum Gasteiger partial charge on any atom is 0.419 e. The fourth-order valence-electron chi connectivity index (χ4n) is 2.06. The normalized spacial score (nSPS) is 18.9. The van der Waals surface area contributed by atoms with Crippen LogP contribution in [0.3, 0.4) is 0 Å². The minimum absolute atomic E-state index is 0.117. The average Bonchev–Trinajstić information content (AvgIpc) is 2.76. The first-order valence-electron chi connectivity index (χ1n) is 5.99. The Kier molecular flexibility index (Phi) is 4.42. The van der Waals surface area contributed by atoms with Crippen LogP contribution in [0.15, 0.2) is 18.2 Å². The van der Waals surface area contributed by atoms with Crippen molar-refractivity contribution in [1.29, 1.82) is 5.26 Å². The largest absolute Gasteiger partial charge is 0.419 e. The molecule has 0 N–H and O–H groups in total. The first-order chi connectivity index (χ1) is 9.84. The molecule has 8 heteroatoms. The van der Waals surface area contributed by atoms with Crippen molar-refractivity contribution in [2.24, 2.45) is 0 Å². The van der Waals surface area contributed by atoms with Crippen LogP contribution in [-0.2, 0) is 11.0 Å². The molecule has 0 spiro atoms. The number of rotatable bonds is 3. The summed E-state index contributed by atoms with van der Waals surface area (Å²) in [7, 11) is 0. The fraction of sp³-hybridized carbons (Fsp3) is 0.385. The van der Waals surface area contributed by atoms with Crippen molar-refractivity contribution < 1.29 is 22.4 Å².